The van der Waals surface area contributed by atoms with Crippen LogP contribution in [-0.2, 0) is 0 Å². The van der Waals surface area contributed by atoms with Gasteiger partial charge in [-0.2, -0.15) is 0 Å². The molecule has 0 radical (unpaired) electrons. The third kappa shape index (κ3) is 3.08. The van der Waals surface area contributed by atoms with Crippen molar-refractivity contribution in [1.29, 1.82) is 0 Å². The molecule has 0 aliphatic rings. The third-order valence-corrected chi connectivity index (χ3v) is 4.35. The Balaban J connectivity index is 2.26. The molecule has 0 aliphatic carbocycles. The van der Waals surface area contributed by atoms with Gasteiger partial charge in [-0.1, -0.05) is 15.9 Å². The van der Waals surface area contributed by atoms with Gasteiger partial charge in [-0.15, -0.1) is 0 Å². The summed E-state index contributed by atoms with van der Waals surface area (Å²) in [5, 5.41) is 11.4. The predicted octanol–water partition coefficient (Wildman–Crippen LogP) is 4.15. The first kappa shape index (κ1) is 17.0. The second-order valence-corrected chi connectivity index (χ2v) is 5.97. The molecular formula is C17H12BrNO6. The van der Waals surface area contributed by atoms with Gasteiger partial charge < -0.3 is 13.9 Å². The second kappa shape index (κ2) is 6.56. The van der Waals surface area contributed by atoms with E-state index in [0.29, 0.717) is 26.9 Å². The molecular weight excluding hydrogens is 394 g/mol. The summed E-state index contributed by atoms with van der Waals surface area (Å²) in [5.41, 5.74) is 0.407. The Labute approximate surface area is 150 Å². The van der Waals surface area contributed by atoms with Crippen molar-refractivity contribution in [3.63, 3.8) is 0 Å². The molecule has 128 valence electrons. The summed E-state index contributed by atoms with van der Waals surface area (Å²) >= 11 is 3.40. The molecule has 1 heterocycles. The van der Waals surface area contributed by atoms with Crippen molar-refractivity contribution in [2.45, 2.75) is 0 Å². The van der Waals surface area contributed by atoms with Gasteiger partial charge in [0.1, 0.15) is 5.58 Å². The molecule has 0 fully saturated rings. The van der Waals surface area contributed by atoms with Gasteiger partial charge in [-0.3, -0.25) is 10.1 Å². The minimum Gasteiger partial charge on any atom is -0.493 e. The zero-order chi connectivity index (χ0) is 18.1. The summed E-state index contributed by atoms with van der Waals surface area (Å²) in [5.74, 6) is 0.943. The molecule has 0 spiro atoms. The average molecular weight is 406 g/mol. The number of nitrogens with zero attached hydrogens (tertiary/aromatic N) is 1. The molecule has 0 N–H and O–H groups in total. The van der Waals surface area contributed by atoms with Crippen molar-refractivity contribution in [2.24, 2.45) is 0 Å². The van der Waals surface area contributed by atoms with Crippen LogP contribution in [0.25, 0.3) is 22.1 Å². The van der Waals surface area contributed by atoms with Crippen LogP contribution < -0.4 is 15.1 Å². The summed E-state index contributed by atoms with van der Waals surface area (Å²) < 4.78 is 16.4. The first-order chi connectivity index (χ1) is 11.9. The van der Waals surface area contributed by atoms with Crippen LogP contribution in [0.15, 0.2) is 50.1 Å². The molecule has 0 unspecified atom stereocenters. The number of nitro benzene ring substituents is 1. The number of nitro groups is 1. The largest absolute Gasteiger partial charge is 0.493 e. The van der Waals surface area contributed by atoms with Crippen LogP contribution in [0.2, 0.25) is 0 Å². The summed E-state index contributed by atoms with van der Waals surface area (Å²) in [6.45, 7) is 0. The van der Waals surface area contributed by atoms with E-state index in [2.05, 4.69) is 15.9 Å². The number of hydrogen-bond donors (Lipinski definition) is 0. The van der Waals surface area contributed by atoms with E-state index in [1.165, 1.54) is 32.4 Å². The van der Waals surface area contributed by atoms with Crippen molar-refractivity contribution in [3.05, 3.63) is 61.4 Å². The summed E-state index contributed by atoms with van der Waals surface area (Å²) in [6.07, 6.45) is 0. The average Bonchev–Trinajstić information content (AvgIpc) is 2.60. The van der Waals surface area contributed by atoms with Crippen LogP contribution in [0.3, 0.4) is 0 Å². The molecule has 0 saturated carbocycles. The highest BCUT2D eigenvalue weighted by molar-refractivity contribution is 9.10. The maximum absolute atomic E-state index is 12.4. The number of rotatable bonds is 4. The van der Waals surface area contributed by atoms with Gasteiger partial charge in [0.2, 0.25) is 0 Å². The maximum Gasteiger partial charge on any atom is 0.344 e. The molecule has 0 aliphatic heterocycles. The standard InChI is InChI=1S/C17H12BrNO6/c1-23-15-7-11(13(18)8-16(15)24-2)12-6-9-5-10(19(21)22)3-4-14(9)25-17(12)20/h3-8H,1-2H3. The molecule has 0 atom stereocenters. The highest BCUT2D eigenvalue weighted by atomic mass is 79.9. The van der Waals surface area contributed by atoms with E-state index in [1.54, 1.807) is 18.2 Å². The first-order valence-corrected chi connectivity index (χ1v) is 7.88. The van der Waals surface area contributed by atoms with E-state index < -0.39 is 10.5 Å². The Hall–Kier alpha value is -2.87. The predicted molar refractivity (Wildman–Crippen MR) is 95.4 cm³/mol. The van der Waals surface area contributed by atoms with Gasteiger partial charge in [-0.05, 0) is 24.3 Å². The zero-order valence-corrected chi connectivity index (χ0v) is 14.8. The van der Waals surface area contributed by atoms with Crippen molar-refractivity contribution < 1.29 is 18.8 Å². The second-order valence-electron chi connectivity index (χ2n) is 5.11. The molecule has 7 nitrogen and oxygen atoms in total. The maximum atomic E-state index is 12.4. The number of hydrogen-bond acceptors (Lipinski definition) is 6. The number of halogens is 1. The molecule has 2 aromatic carbocycles. The number of fused-ring (bicyclic) bond motifs is 1. The lowest BCUT2D eigenvalue weighted by Gasteiger charge is -2.11. The Morgan fingerprint density at radius 3 is 2.36 bits per heavy atom. The number of ether oxygens (including phenoxy) is 2. The van der Waals surface area contributed by atoms with E-state index >= 15 is 0 Å². The minimum atomic E-state index is -0.561. The summed E-state index contributed by atoms with van der Waals surface area (Å²) in [4.78, 5) is 22.8. The molecule has 3 aromatic rings. The van der Waals surface area contributed by atoms with Gasteiger partial charge in [0, 0.05) is 27.6 Å². The molecule has 1 aromatic heterocycles. The summed E-state index contributed by atoms with van der Waals surface area (Å²) in [6, 6.07) is 8.92. The Bertz CT molecular complexity index is 1040. The molecule has 8 heteroatoms. The Morgan fingerprint density at radius 2 is 1.72 bits per heavy atom. The fraction of sp³-hybridized carbons (Fsp3) is 0.118. The topological polar surface area (TPSA) is 91.8 Å². The third-order valence-electron chi connectivity index (χ3n) is 3.69. The van der Waals surface area contributed by atoms with Crippen LogP contribution >= 0.6 is 15.9 Å². The zero-order valence-electron chi connectivity index (χ0n) is 13.2. The van der Waals surface area contributed by atoms with Crippen molar-refractivity contribution in [2.75, 3.05) is 14.2 Å². The first-order valence-electron chi connectivity index (χ1n) is 7.08. The molecule has 0 bridgehead atoms. The van der Waals surface area contributed by atoms with Crippen LogP contribution in [0, 0.1) is 10.1 Å². The van der Waals surface area contributed by atoms with Crippen molar-refractivity contribution in [1.82, 2.24) is 0 Å². The monoisotopic (exact) mass is 405 g/mol. The molecule has 0 amide bonds. The summed E-state index contributed by atoms with van der Waals surface area (Å²) in [7, 11) is 3.00. The molecule has 25 heavy (non-hydrogen) atoms. The van der Waals surface area contributed by atoms with Gasteiger partial charge in [0.05, 0.1) is 24.7 Å². The fourth-order valence-corrected chi connectivity index (χ4v) is 3.01. The lowest BCUT2D eigenvalue weighted by atomic mass is 10.0. The highest BCUT2D eigenvalue weighted by Crippen LogP contribution is 2.38. The minimum absolute atomic E-state index is 0.0846. The highest BCUT2D eigenvalue weighted by Gasteiger charge is 2.16. The SMILES string of the molecule is COc1cc(Br)c(-c2cc3cc([N+](=O)[O-])ccc3oc2=O)cc1OC. The Morgan fingerprint density at radius 1 is 1.04 bits per heavy atom. The van der Waals surface area contributed by atoms with E-state index in [-0.39, 0.29) is 16.8 Å². The van der Waals surface area contributed by atoms with Gasteiger partial charge in [0.25, 0.3) is 5.69 Å². The van der Waals surface area contributed by atoms with Crippen molar-refractivity contribution in [3.8, 4) is 22.6 Å². The smallest absolute Gasteiger partial charge is 0.344 e. The van der Waals surface area contributed by atoms with Gasteiger partial charge >= 0.3 is 5.63 Å². The van der Waals surface area contributed by atoms with Crippen LogP contribution in [0.4, 0.5) is 5.69 Å². The lowest BCUT2D eigenvalue weighted by molar-refractivity contribution is -0.384. The van der Waals surface area contributed by atoms with Gasteiger partial charge in [-0.25, -0.2) is 4.79 Å². The molecule has 0 saturated heterocycles. The molecule has 3 rings (SSSR count). The number of non-ortho nitro benzene ring substituents is 1. The van der Waals surface area contributed by atoms with Crippen molar-refractivity contribution >= 4 is 32.6 Å². The Kier molecular flexibility index (Phi) is 4.45. The number of methoxy groups -OCH3 is 2. The van der Waals surface area contributed by atoms with Crippen LogP contribution in [0.1, 0.15) is 0 Å². The van der Waals surface area contributed by atoms with E-state index in [1.807, 2.05) is 0 Å². The van der Waals surface area contributed by atoms with Crippen LogP contribution in [0.5, 0.6) is 11.5 Å². The number of benzene rings is 2. The van der Waals surface area contributed by atoms with E-state index in [0.717, 1.165) is 0 Å². The van der Waals surface area contributed by atoms with Crippen LogP contribution in [-0.4, -0.2) is 19.1 Å². The fourth-order valence-electron chi connectivity index (χ4n) is 2.47. The van der Waals surface area contributed by atoms with E-state index in [9.17, 15) is 14.9 Å². The van der Waals surface area contributed by atoms with Gasteiger partial charge in [0.15, 0.2) is 11.5 Å². The lowest BCUT2D eigenvalue weighted by Crippen LogP contribution is -2.04. The normalized spacial score (nSPS) is 10.7. The quantitative estimate of drug-likeness (QED) is 0.367. The van der Waals surface area contributed by atoms with E-state index in [4.69, 9.17) is 13.9 Å².